The fraction of sp³-hybridized carbons (Fsp3) is 0. The number of halogens is 1. The van der Waals surface area contributed by atoms with Crippen molar-refractivity contribution in [1.82, 2.24) is 4.98 Å². The Morgan fingerprint density at radius 3 is 2.76 bits per heavy atom. The van der Waals surface area contributed by atoms with Crippen LogP contribution < -0.4 is 0 Å². The van der Waals surface area contributed by atoms with E-state index in [9.17, 15) is 5.26 Å². The lowest BCUT2D eigenvalue weighted by molar-refractivity contribution is 1.37. The molecule has 0 N–H and O–H groups in total. The molecule has 0 spiro atoms. The van der Waals surface area contributed by atoms with Crippen LogP contribution in [0.4, 0.5) is 0 Å². The molecule has 0 saturated carbocycles. The van der Waals surface area contributed by atoms with Crippen molar-refractivity contribution in [2.75, 3.05) is 0 Å². The summed E-state index contributed by atoms with van der Waals surface area (Å²) in [6.45, 7) is 0. The molecule has 1 heterocycles. The number of fused-ring (bicyclic) bond motifs is 3. The molecule has 0 fully saturated rings. The Hall–Kier alpha value is -1.92. The van der Waals surface area contributed by atoms with Crippen LogP contribution in [0.1, 0.15) is 5.56 Å². The van der Waals surface area contributed by atoms with E-state index in [1.54, 1.807) is 6.20 Å². The van der Waals surface area contributed by atoms with Crippen molar-refractivity contribution < 1.29 is 0 Å². The highest BCUT2D eigenvalue weighted by molar-refractivity contribution is 9.10. The Labute approximate surface area is 107 Å². The van der Waals surface area contributed by atoms with Crippen molar-refractivity contribution in [3.05, 3.63) is 52.8 Å². The van der Waals surface area contributed by atoms with Gasteiger partial charge in [0.1, 0.15) is 0 Å². The molecule has 3 aromatic rings. The first-order valence-electron chi connectivity index (χ1n) is 5.16. The van der Waals surface area contributed by atoms with E-state index in [4.69, 9.17) is 0 Å². The number of pyridine rings is 1. The van der Waals surface area contributed by atoms with Crippen LogP contribution in [-0.2, 0) is 0 Å². The minimum atomic E-state index is 0.700. The van der Waals surface area contributed by atoms with E-state index in [1.165, 1.54) is 0 Å². The monoisotopic (exact) mass is 282 g/mol. The molecule has 3 heteroatoms. The van der Waals surface area contributed by atoms with E-state index in [1.807, 2.05) is 36.5 Å². The van der Waals surface area contributed by atoms with Crippen molar-refractivity contribution in [3.63, 3.8) is 0 Å². The minimum absolute atomic E-state index is 0.700. The predicted molar refractivity (Wildman–Crippen MR) is 71.7 cm³/mol. The van der Waals surface area contributed by atoms with Gasteiger partial charge in [-0.1, -0.05) is 22.0 Å². The third-order valence-electron chi connectivity index (χ3n) is 2.84. The summed E-state index contributed by atoms with van der Waals surface area (Å²) < 4.78 is 1.00. The molecule has 1 aromatic heterocycles. The van der Waals surface area contributed by atoms with Gasteiger partial charge in [-0.2, -0.15) is 5.26 Å². The van der Waals surface area contributed by atoms with Crippen molar-refractivity contribution in [2.24, 2.45) is 0 Å². The van der Waals surface area contributed by atoms with E-state index in [2.05, 4.69) is 27.0 Å². The smallest absolute Gasteiger partial charge is 0.0998 e. The van der Waals surface area contributed by atoms with Crippen molar-refractivity contribution in [2.45, 2.75) is 0 Å². The molecule has 0 atom stereocenters. The molecule has 17 heavy (non-hydrogen) atoms. The Bertz CT molecular complexity index is 772. The quantitative estimate of drug-likeness (QED) is 0.584. The number of nitrogens with zero attached hydrogens (tertiary/aromatic N) is 2. The van der Waals surface area contributed by atoms with Gasteiger partial charge >= 0.3 is 0 Å². The van der Waals surface area contributed by atoms with Crippen LogP contribution >= 0.6 is 15.9 Å². The molecule has 0 saturated heterocycles. The summed E-state index contributed by atoms with van der Waals surface area (Å²) in [5, 5.41) is 13.3. The Morgan fingerprint density at radius 1 is 1.06 bits per heavy atom. The third-order valence-corrected chi connectivity index (χ3v) is 3.33. The normalized spacial score (nSPS) is 10.6. The highest BCUT2D eigenvalue weighted by Crippen LogP contribution is 2.30. The number of rotatable bonds is 0. The molecule has 2 aromatic carbocycles. The maximum atomic E-state index is 9.19. The number of benzene rings is 2. The van der Waals surface area contributed by atoms with Crippen LogP contribution in [-0.4, -0.2) is 4.98 Å². The summed E-state index contributed by atoms with van der Waals surface area (Å²) in [7, 11) is 0. The van der Waals surface area contributed by atoms with Crippen LogP contribution in [0.3, 0.4) is 0 Å². The van der Waals surface area contributed by atoms with Crippen LogP contribution in [0, 0.1) is 11.3 Å². The topological polar surface area (TPSA) is 36.7 Å². The molecule has 0 aliphatic carbocycles. The maximum absolute atomic E-state index is 9.19. The van der Waals surface area contributed by atoms with Gasteiger partial charge in [-0.15, -0.1) is 0 Å². The number of hydrogen-bond acceptors (Lipinski definition) is 2. The van der Waals surface area contributed by atoms with Gasteiger partial charge in [-0.25, -0.2) is 0 Å². The van der Waals surface area contributed by atoms with Gasteiger partial charge in [-0.05, 0) is 35.0 Å². The highest BCUT2D eigenvalue weighted by Gasteiger charge is 2.06. The van der Waals surface area contributed by atoms with Gasteiger partial charge in [0, 0.05) is 27.6 Å². The molecule has 0 amide bonds. The second-order valence-corrected chi connectivity index (χ2v) is 4.74. The molecule has 0 aliphatic heterocycles. The highest BCUT2D eigenvalue weighted by atomic mass is 79.9. The lowest BCUT2D eigenvalue weighted by atomic mass is 9.99. The Kier molecular flexibility index (Phi) is 2.31. The van der Waals surface area contributed by atoms with Crippen LogP contribution in [0.25, 0.3) is 21.5 Å². The molecular formula is C14H7BrN2. The van der Waals surface area contributed by atoms with E-state index in [0.29, 0.717) is 5.56 Å². The first-order valence-corrected chi connectivity index (χ1v) is 5.95. The molecule has 0 aliphatic rings. The fourth-order valence-corrected chi connectivity index (χ4v) is 2.42. The number of nitriles is 1. The molecule has 0 unspecified atom stereocenters. The van der Waals surface area contributed by atoms with Gasteiger partial charge < -0.3 is 0 Å². The van der Waals surface area contributed by atoms with Crippen molar-refractivity contribution in [1.29, 1.82) is 5.26 Å². The number of hydrogen-bond donors (Lipinski definition) is 0. The molecule has 3 rings (SSSR count). The van der Waals surface area contributed by atoms with Crippen molar-refractivity contribution in [3.8, 4) is 6.07 Å². The Morgan fingerprint density at radius 2 is 1.94 bits per heavy atom. The van der Waals surface area contributed by atoms with Gasteiger partial charge in [0.05, 0.1) is 11.6 Å². The van der Waals surface area contributed by atoms with Gasteiger partial charge in [-0.3, -0.25) is 4.98 Å². The average Bonchev–Trinajstić information content (AvgIpc) is 2.37. The maximum Gasteiger partial charge on any atom is 0.0998 e. The van der Waals surface area contributed by atoms with Crippen LogP contribution in [0.15, 0.2) is 47.2 Å². The zero-order valence-electron chi connectivity index (χ0n) is 8.81. The fourth-order valence-electron chi connectivity index (χ4n) is 2.06. The Balaban J connectivity index is 2.62. The summed E-state index contributed by atoms with van der Waals surface area (Å²) in [6.07, 6.45) is 3.58. The van der Waals surface area contributed by atoms with E-state index in [-0.39, 0.29) is 0 Å². The first-order chi connectivity index (χ1) is 8.29. The lowest BCUT2D eigenvalue weighted by Crippen LogP contribution is -1.84. The third kappa shape index (κ3) is 1.58. The summed E-state index contributed by atoms with van der Waals surface area (Å²) >= 11 is 3.46. The second kappa shape index (κ2) is 3.83. The molecule has 0 bridgehead atoms. The largest absolute Gasteiger partial charge is 0.264 e. The predicted octanol–water partition coefficient (Wildman–Crippen LogP) is 4.02. The summed E-state index contributed by atoms with van der Waals surface area (Å²) in [6, 6.07) is 12.0. The average molecular weight is 283 g/mol. The van der Waals surface area contributed by atoms with E-state index < -0.39 is 0 Å². The van der Waals surface area contributed by atoms with Gasteiger partial charge in [0.2, 0.25) is 0 Å². The first kappa shape index (κ1) is 10.2. The zero-order valence-corrected chi connectivity index (χ0v) is 10.4. The second-order valence-electron chi connectivity index (χ2n) is 3.82. The molecule has 80 valence electrons. The molecular weight excluding hydrogens is 276 g/mol. The van der Waals surface area contributed by atoms with E-state index in [0.717, 1.165) is 26.0 Å². The standard InChI is InChI=1S/C14H7BrN2/c15-11-1-2-12-10(7-16)5-9-3-4-17-8-14(9)13(12)6-11/h1-6,8H. The summed E-state index contributed by atoms with van der Waals surface area (Å²) in [5.41, 5.74) is 0.700. The summed E-state index contributed by atoms with van der Waals surface area (Å²) in [4.78, 5) is 4.15. The van der Waals surface area contributed by atoms with E-state index >= 15 is 0 Å². The zero-order chi connectivity index (χ0) is 11.8. The van der Waals surface area contributed by atoms with Crippen LogP contribution in [0.5, 0.6) is 0 Å². The molecule has 0 radical (unpaired) electrons. The van der Waals surface area contributed by atoms with Crippen LogP contribution in [0.2, 0.25) is 0 Å². The van der Waals surface area contributed by atoms with Crippen molar-refractivity contribution >= 4 is 37.5 Å². The molecule has 2 nitrogen and oxygen atoms in total. The number of aromatic nitrogens is 1. The minimum Gasteiger partial charge on any atom is -0.264 e. The van der Waals surface area contributed by atoms with Gasteiger partial charge in [0.15, 0.2) is 0 Å². The summed E-state index contributed by atoms with van der Waals surface area (Å²) in [5.74, 6) is 0. The SMILES string of the molecule is N#Cc1cc2ccncc2c2cc(Br)ccc12. The lowest BCUT2D eigenvalue weighted by Gasteiger charge is -2.05. The van der Waals surface area contributed by atoms with Gasteiger partial charge in [0.25, 0.3) is 0 Å².